The summed E-state index contributed by atoms with van der Waals surface area (Å²) < 4.78 is 48.8. The first-order valence-corrected chi connectivity index (χ1v) is 12.4. The second-order valence-electron chi connectivity index (χ2n) is 7.87. The molecule has 5 rings (SSSR count). The van der Waals surface area contributed by atoms with Crippen LogP contribution in [0.5, 0.6) is 0 Å². The lowest BCUT2D eigenvalue weighted by Gasteiger charge is -2.18. The van der Waals surface area contributed by atoms with Gasteiger partial charge in [0, 0.05) is 50.7 Å². The van der Waals surface area contributed by atoms with Crippen LogP contribution < -0.4 is 5.32 Å². The Morgan fingerprint density at radius 3 is 2.62 bits per heavy atom. The summed E-state index contributed by atoms with van der Waals surface area (Å²) in [6.07, 6.45) is 5.66. The normalized spacial score (nSPS) is 16.4. The first-order chi connectivity index (χ1) is 16.5. The second kappa shape index (κ2) is 9.12. The lowest BCUT2D eigenvalue weighted by molar-refractivity contribution is 0.444. The molecule has 1 fully saturated rings. The van der Waals surface area contributed by atoms with Gasteiger partial charge in [-0.05, 0) is 36.8 Å². The van der Waals surface area contributed by atoms with E-state index in [4.69, 9.17) is 4.42 Å². The van der Waals surface area contributed by atoms with E-state index in [0.29, 0.717) is 61.6 Å². The topological polar surface area (TPSA) is 109 Å². The molecule has 1 aromatic carbocycles. The number of hydrogen-bond acceptors (Lipinski definition) is 7. The van der Waals surface area contributed by atoms with Crippen molar-refractivity contribution in [2.45, 2.75) is 13.3 Å². The maximum Gasteiger partial charge on any atom is 0.306 e. The fourth-order valence-corrected chi connectivity index (χ4v) is 5.72. The van der Waals surface area contributed by atoms with Gasteiger partial charge in [-0.1, -0.05) is 6.92 Å². The van der Waals surface area contributed by atoms with Crippen LogP contribution in [-0.4, -0.2) is 69.1 Å². The summed E-state index contributed by atoms with van der Waals surface area (Å²) in [6, 6.07) is 7.81. The molecule has 1 N–H and O–H groups in total. The second-order valence-corrected chi connectivity index (χ2v) is 9.80. The van der Waals surface area contributed by atoms with Gasteiger partial charge in [-0.25, -0.2) is 14.4 Å². The zero-order chi connectivity index (χ0) is 23.7. The van der Waals surface area contributed by atoms with Crippen LogP contribution in [0.1, 0.15) is 13.3 Å². The third-order valence-corrected chi connectivity index (χ3v) is 7.68. The van der Waals surface area contributed by atoms with Crippen molar-refractivity contribution in [2.75, 3.05) is 38.0 Å². The Balaban J connectivity index is 1.36. The van der Waals surface area contributed by atoms with Gasteiger partial charge in [-0.2, -0.15) is 22.0 Å². The fourth-order valence-electron chi connectivity index (χ4n) is 4.03. The predicted octanol–water partition coefficient (Wildman–Crippen LogP) is 2.87. The third-order valence-electron chi connectivity index (χ3n) is 5.65. The molecule has 0 aliphatic carbocycles. The van der Waals surface area contributed by atoms with E-state index in [0.717, 1.165) is 12.0 Å². The number of imidazole rings is 1. The van der Waals surface area contributed by atoms with E-state index in [2.05, 4.69) is 20.3 Å². The van der Waals surface area contributed by atoms with E-state index in [1.165, 1.54) is 27.0 Å². The first kappa shape index (κ1) is 22.4. The Morgan fingerprint density at radius 2 is 1.85 bits per heavy atom. The third kappa shape index (κ3) is 4.15. The molecule has 1 aliphatic rings. The average Bonchev–Trinajstić information content (AvgIpc) is 3.49. The number of nitrogens with zero attached hydrogens (tertiary/aromatic N) is 6. The maximum atomic E-state index is 13.4. The van der Waals surface area contributed by atoms with Crippen molar-refractivity contribution in [1.82, 2.24) is 28.0 Å². The van der Waals surface area contributed by atoms with E-state index in [9.17, 15) is 12.8 Å². The zero-order valence-corrected chi connectivity index (χ0v) is 19.4. The summed E-state index contributed by atoms with van der Waals surface area (Å²) in [6.45, 7) is 4.15. The molecule has 12 heteroatoms. The van der Waals surface area contributed by atoms with Gasteiger partial charge in [0.2, 0.25) is 5.95 Å². The van der Waals surface area contributed by atoms with Crippen molar-refractivity contribution in [1.29, 1.82) is 0 Å². The summed E-state index contributed by atoms with van der Waals surface area (Å²) in [7, 11) is -3.41. The lowest BCUT2D eigenvalue weighted by atomic mass is 10.1. The highest BCUT2D eigenvalue weighted by atomic mass is 32.2. The molecule has 4 aromatic rings. The van der Waals surface area contributed by atoms with Gasteiger partial charge in [0.1, 0.15) is 23.5 Å². The molecule has 0 bridgehead atoms. The number of anilines is 1. The smallest absolute Gasteiger partial charge is 0.306 e. The van der Waals surface area contributed by atoms with E-state index in [-0.39, 0.29) is 5.82 Å². The van der Waals surface area contributed by atoms with Crippen molar-refractivity contribution in [3.63, 3.8) is 0 Å². The summed E-state index contributed by atoms with van der Waals surface area (Å²) in [5.41, 5.74) is 2.59. The molecule has 4 heterocycles. The van der Waals surface area contributed by atoms with Crippen LogP contribution >= 0.6 is 0 Å². The highest BCUT2D eigenvalue weighted by molar-refractivity contribution is 7.87. The molecule has 1 saturated heterocycles. The highest BCUT2D eigenvalue weighted by Crippen LogP contribution is 2.32. The molecule has 178 valence electrons. The van der Waals surface area contributed by atoms with Crippen LogP contribution in [0.2, 0.25) is 0 Å². The number of benzene rings is 1. The monoisotopic (exact) mass is 485 g/mol. The number of fused-ring (bicyclic) bond motifs is 1. The van der Waals surface area contributed by atoms with Gasteiger partial charge in [0.25, 0.3) is 10.2 Å². The van der Waals surface area contributed by atoms with Crippen LogP contribution in [-0.2, 0) is 10.2 Å². The Labute approximate surface area is 196 Å². The van der Waals surface area contributed by atoms with E-state index >= 15 is 0 Å². The average molecular weight is 486 g/mol. The maximum absolute atomic E-state index is 13.4. The number of halogens is 1. The molecule has 0 saturated carbocycles. The zero-order valence-electron chi connectivity index (χ0n) is 18.6. The van der Waals surface area contributed by atoms with Crippen molar-refractivity contribution >= 4 is 22.0 Å². The number of rotatable bonds is 8. The van der Waals surface area contributed by atoms with E-state index in [1.807, 2.05) is 6.92 Å². The number of aromatic nitrogens is 4. The van der Waals surface area contributed by atoms with Gasteiger partial charge in [-0.15, -0.1) is 0 Å². The van der Waals surface area contributed by atoms with Crippen molar-refractivity contribution in [3.8, 4) is 22.6 Å². The number of nitrogens with one attached hydrogen (secondary N) is 1. The summed E-state index contributed by atoms with van der Waals surface area (Å²) in [5.74, 6) is 0.417. The Kier molecular flexibility index (Phi) is 6.02. The number of oxazole rings is 1. The molecular formula is C22H24FN7O3S. The van der Waals surface area contributed by atoms with Crippen LogP contribution in [0.4, 0.5) is 10.3 Å². The van der Waals surface area contributed by atoms with Gasteiger partial charge < -0.3 is 9.73 Å². The van der Waals surface area contributed by atoms with Crippen molar-refractivity contribution in [3.05, 3.63) is 54.8 Å². The highest BCUT2D eigenvalue weighted by Gasteiger charge is 2.35. The summed E-state index contributed by atoms with van der Waals surface area (Å²) in [4.78, 5) is 13.4. The van der Waals surface area contributed by atoms with Gasteiger partial charge >= 0.3 is 5.84 Å². The van der Waals surface area contributed by atoms with Crippen LogP contribution in [0.25, 0.3) is 28.5 Å². The molecule has 1 aliphatic heterocycles. The van der Waals surface area contributed by atoms with E-state index < -0.39 is 10.2 Å². The molecule has 0 unspecified atom stereocenters. The fraction of sp³-hybridized carbons (Fsp3) is 0.318. The SMILES string of the molecule is CCCN1CCN(CCNc2nccc(-c3c(-c4ccc(F)cc4)nc4occn34)n2)S1(=O)=O. The minimum absolute atomic E-state index is 0.315. The minimum Gasteiger partial charge on any atom is -0.432 e. The molecule has 0 spiro atoms. The molecule has 3 aromatic heterocycles. The molecule has 0 radical (unpaired) electrons. The Bertz CT molecular complexity index is 1400. The molecule has 10 nitrogen and oxygen atoms in total. The van der Waals surface area contributed by atoms with Gasteiger partial charge in [0.15, 0.2) is 0 Å². The standard InChI is InChI=1S/C22H24FN7O3S/c1-2-10-28-12-13-29(34(28,31)32)11-9-25-21-24-8-7-18(26-21)20-19(16-3-5-17(23)6-4-16)27-22-30(20)14-15-33-22/h3-8,14-15H,2,9-13H2,1H3,(H,24,25,26). The van der Waals surface area contributed by atoms with Crippen LogP contribution in [0.15, 0.2) is 53.4 Å². The van der Waals surface area contributed by atoms with Crippen molar-refractivity contribution in [2.24, 2.45) is 0 Å². The summed E-state index contributed by atoms with van der Waals surface area (Å²) >= 11 is 0. The predicted molar refractivity (Wildman–Crippen MR) is 125 cm³/mol. The van der Waals surface area contributed by atoms with Gasteiger partial charge in [0.05, 0.1) is 5.69 Å². The molecule has 0 amide bonds. The first-order valence-electron chi connectivity index (χ1n) is 11.0. The molecular weight excluding hydrogens is 461 g/mol. The molecule has 34 heavy (non-hydrogen) atoms. The largest absolute Gasteiger partial charge is 0.432 e. The van der Waals surface area contributed by atoms with Gasteiger partial charge in [-0.3, -0.25) is 4.40 Å². The van der Waals surface area contributed by atoms with E-state index in [1.54, 1.807) is 35.0 Å². The quantitative estimate of drug-likeness (QED) is 0.409. The lowest BCUT2D eigenvalue weighted by Crippen LogP contribution is -2.36. The Morgan fingerprint density at radius 1 is 1.09 bits per heavy atom. The number of hydrogen-bond donors (Lipinski definition) is 1. The Hall–Kier alpha value is -3.35. The minimum atomic E-state index is -3.41. The van der Waals surface area contributed by atoms with Crippen LogP contribution in [0.3, 0.4) is 0 Å². The van der Waals surface area contributed by atoms with Crippen LogP contribution in [0, 0.1) is 5.82 Å². The molecule has 0 atom stereocenters. The summed E-state index contributed by atoms with van der Waals surface area (Å²) in [5, 5.41) is 3.12. The van der Waals surface area contributed by atoms with Crippen molar-refractivity contribution < 1.29 is 17.2 Å².